The van der Waals surface area contributed by atoms with E-state index in [9.17, 15) is 18.0 Å². The maximum atomic E-state index is 12.7. The van der Waals surface area contributed by atoms with Crippen molar-refractivity contribution in [3.8, 4) is 0 Å². The molecule has 1 atom stereocenters. The molecule has 1 amide bonds. The van der Waals surface area contributed by atoms with Crippen molar-refractivity contribution in [3.63, 3.8) is 0 Å². The lowest BCUT2D eigenvalue weighted by atomic mass is 10.2. The van der Waals surface area contributed by atoms with E-state index >= 15 is 0 Å². The summed E-state index contributed by atoms with van der Waals surface area (Å²) in [4.78, 5) is 16.0. The predicted molar refractivity (Wildman–Crippen MR) is 86.6 cm³/mol. The average Bonchev–Trinajstić information content (AvgIpc) is 3.11. The number of nitrogens with zero attached hydrogens (tertiary/aromatic N) is 1. The number of rotatable bonds is 4. The quantitative estimate of drug-likeness (QED) is 0.875. The molecule has 1 aromatic carbocycles. The van der Waals surface area contributed by atoms with Crippen LogP contribution in [0.15, 0.2) is 42.6 Å². The number of amides is 1. The van der Waals surface area contributed by atoms with Gasteiger partial charge in [-0.25, -0.2) is 4.98 Å². The van der Waals surface area contributed by atoms with Crippen LogP contribution in [-0.2, 0) is 15.7 Å². The Bertz CT molecular complexity index is 742. The van der Waals surface area contributed by atoms with E-state index in [1.54, 1.807) is 12.1 Å². The second-order valence-electron chi connectivity index (χ2n) is 5.63. The van der Waals surface area contributed by atoms with Crippen LogP contribution in [0.2, 0.25) is 0 Å². The molecule has 0 bridgehead atoms. The fourth-order valence-electron chi connectivity index (χ4n) is 2.47. The molecule has 1 unspecified atom stereocenters. The van der Waals surface area contributed by atoms with Crippen molar-refractivity contribution in [1.29, 1.82) is 0 Å². The number of pyridine rings is 1. The van der Waals surface area contributed by atoms with Crippen LogP contribution in [0, 0.1) is 0 Å². The Balaban J connectivity index is 1.63. The number of alkyl halides is 3. The molecule has 5 nitrogen and oxygen atoms in total. The number of halogens is 3. The number of hydrogen-bond acceptors (Lipinski definition) is 4. The standard InChI is InChI=1S/C17H16F3N3O2/c18-17(19,20)11-3-1-4-12(9-11)22-15-7-6-13(10-21-15)23-16(24)14-5-2-8-25-14/h1,3-4,6-7,9-10,14H,2,5,8H2,(H,21,22)(H,23,24). The molecule has 1 aliphatic heterocycles. The van der Waals surface area contributed by atoms with E-state index in [0.29, 0.717) is 24.5 Å². The lowest BCUT2D eigenvalue weighted by Crippen LogP contribution is -2.26. The minimum Gasteiger partial charge on any atom is -0.368 e. The van der Waals surface area contributed by atoms with Crippen molar-refractivity contribution in [2.75, 3.05) is 17.2 Å². The van der Waals surface area contributed by atoms with Gasteiger partial charge in [-0.2, -0.15) is 13.2 Å². The lowest BCUT2D eigenvalue weighted by molar-refractivity contribution is -0.137. The Hall–Kier alpha value is -2.61. The summed E-state index contributed by atoms with van der Waals surface area (Å²) in [6.07, 6.45) is -1.86. The van der Waals surface area contributed by atoms with Gasteiger partial charge >= 0.3 is 6.18 Å². The first-order chi connectivity index (χ1) is 11.9. The van der Waals surface area contributed by atoms with Crippen molar-refractivity contribution in [1.82, 2.24) is 4.98 Å². The monoisotopic (exact) mass is 351 g/mol. The van der Waals surface area contributed by atoms with E-state index in [2.05, 4.69) is 15.6 Å². The van der Waals surface area contributed by atoms with E-state index in [0.717, 1.165) is 18.6 Å². The van der Waals surface area contributed by atoms with Crippen LogP contribution in [0.4, 0.5) is 30.4 Å². The highest BCUT2D eigenvalue weighted by Gasteiger charge is 2.30. The summed E-state index contributed by atoms with van der Waals surface area (Å²) in [6, 6.07) is 8.05. The predicted octanol–water partition coefficient (Wildman–Crippen LogP) is 3.96. The fraction of sp³-hybridized carbons (Fsp3) is 0.294. The molecule has 1 saturated heterocycles. The third-order valence-electron chi connectivity index (χ3n) is 3.72. The third kappa shape index (κ3) is 4.48. The number of aromatic nitrogens is 1. The molecule has 1 aromatic heterocycles. The van der Waals surface area contributed by atoms with Gasteiger partial charge in [0, 0.05) is 12.3 Å². The molecule has 132 valence electrons. The molecule has 1 aliphatic rings. The van der Waals surface area contributed by atoms with Gasteiger partial charge in [-0.3, -0.25) is 4.79 Å². The summed E-state index contributed by atoms with van der Waals surface area (Å²) >= 11 is 0. The summed E-state index contributed by atoms with van der Waals surface area (Å²) in [5.74, 6) is 0.146. The minimum absolute atomic E-state index is 0.224. The molecule has 2 N–H and O–H groups in total. The van der Waals surface area contributed by atoms with Crippen molar-refractivity contribution < 1.29 is 22.7 Å². The van der Waals surface area contributed by atoms with Gasteiger partial charge in [-0.15, -0.1) is 0 Å². The van der Waals surface area contributed by atoms with Crippen LogP contribution in [0.5, 0.6) is 0 Å². The molecular weight excluding hydrogens is 335 g/mol. The van der Waals surface area contributed by atoms with Gasteiger partial charge in [-0.1, -0.05) is 6.07 Å². The van der Waals surface area contributed by atoms with Crippen LogP contribution in [0.25, 0.3) is 0 Å². The summed E-state index contributed by atoms with van der Waals surface area (Å²) in [5.41, 5.74) is 0.0338. The van der Waals surface area contributed by atoms with E-state index in [-0.39, 0.29) is 11.6 Å². The van der Waals surface area contributed by atoms with Gasteiger partial charge in [-0.05, 0) is 43.2 Å². The van der Waals surface area contributed by atoms with Crippen molar-refractivity contribution in [2.24, 2.45) is 0 Å². The van der Waals surface area contributed by atoms with Crippen LogP contribution in [0.1, 0.15) is 18.4 Å². The number of nitrogens with one attached hydrogen (secondary N) is 2. The molecule has 0 saturated carbocycles. The van der Waals surface area contributed by atoms with Crippen LogP contribution in [-0.4, -0.2) is 23.6 Å². The van der Waals surface area contributed by atoms with E-state index < -0.39 is 17.8 Å². The Morgan fingerprint density at radius 3 is 2.68 bits per heavy atom. The zero-order valence-electron chi connectivity index (χ0n) is 13.1. The highest BCUT2D eigenvalue weighted by Crippen LogP contribution is 2.31. The van der Waals surface area contributed by atoms with Gasteiger partial charge < -0.3 is 15.4 Å². The molecule has 25 heavy (non-hydrogen) atoms. The van der Waals surface area contributed by atoms with E-state index in [1.807, 2.05) is 0 Å². The summed E-state index contributed by atoms with van der Waals surface area (Å²) < 4.78 is 43.4. The smallest absolute Gasteiger partial charge is 0.368 e. The maximum absolute atomic E-state index is 12.7. The SMILES string of the molecule is O=C(Nc1ccc(Nc2cccc(C(F)(F)F)c2)nc1)C1CCCO1. The first-order valence-corrected chi connectivity index (χ1v) is 7.74. The Labute approximate surface area is 142 Å². The second kappa shape index (κ2) is 7.10. The largest absolute Gasteiger partial charge is 0.416 e. The Kier molecular flexibility index (Phi) is 4.89. The third-order valence-corrected chi connectivity index (χ3v) is 3.72. The van der Waals surface area contributed by atoms with Crippen molar-refractivity contribution in [2.45, 2.75) is 25.1 Å². The van der Waals surface area contributed by atoms with Crippen LogP contribution in [0.3, 0.4) is 0 Å². The highest BCUT2D eigenvalue weighted by atomic mass is 19.4. The summed E-state index contributed by atoms with van der Waals surface area (Å²) in [5, 5.41) is 5.50. The highest BCUT2D eigenvalue weighted by molar-refractivity contribution is 5.94. The zero-order chi connectivity index (χ0) is 17.9. The van der Waals surface area contributed by atoms with Gasteiger partial charge in [0.25, 0.3) is 5.91 Å². The maximum Gasteiger partial charge on any atom is 0.416 e. The minimum atomic E-state index is -4.40. The van der Waals surface area contributed by atoms with Crippen LogP contribution < -0.4 is 10.6 Å². The number of ether oxygens (including phenoxy) is 1. The zero-order valence-corrected chi connectivity index (χ0v) is 13.1. The van der Waals surface area contributed by atoms with Gasteiger partial charge in [0.15, 0.2) is 0 Å². The van der Waals surface area contributed by atoms with Crippen molar-refractivity contribution >= 4 is 23.1 Å². The fourth-order valence-corrected chi connectivity index (χ4v) is 2.47. The number of carbonyl (C=O) groups is 1. The molecule has 3 rings (SSSR count). The Morgan fingerprint density at radius 1 is 1.20 bits per heavy atom. The second-order valence-corrected chi connectivity index (χ2v) is 5.63. The van der Waals surface area contributed by atoms with Gasteiger partial charge in [0.05, 0.1) is 17.4 Å². The molecular formula is C17H16F3N3O2. The molecule has 0 spiro atoms. The number of carbonyl (C=O) groups excluding carboxylic acids is 1. The van der Waals surface area contributed by atoms with Crippen LogP contribution >= 0.6 is 0 Å². The summed E-state index contributed by atoms with van der Waals surface area (Å²) in [6.45, 7) is 0.580. The number of benzene rings is 1. The lowest BCUT2D eigenvalue weighted by Gasteiger charge is -2.12. The molecule has 0 aliphatic carbocycles. The molecule has 8 heteroatoms. The first-order valence-electron chi connectivity index (χ1n) is 7.74. The first kappa shape index (κ1) is 17.2. The molecule has 1 fully saturated rings. The normalized spacial score (nSPS) is 17.3. The molecule has 0 radical (unpaired) electrons. The Morgan fingerprint density at radius 2 is 2.04 bits per heavy atom. The average molecular weight is 351 g/mol. The van der Waals surface area contributed by atoms with E-state index in [4.69, 9.17) is 4.74 Å². The molecule has 2 heterocycles. The number of anilines is 3. The molecule has 2 aromatic rings. The van der Waals surface area contributed by atoms with Gasteiger partial charge in [0.2, 0.25) is 0 Å². The van der Waals surface area contributed by atoms with Crippen molar-refractivity contribution in [3.05, 3.63) is 48.2 Å². The topological polar surface area (TPSA) is 63.2 Å². The van der Waals surface area contributed by atoms with Gasteiger partial charge in [0.1, 0.15) is 11.9 Å². The van der Waals surface area contributed by atoms with E-state index in [1.165, 1.54) is 18.3 Å². The number of hydrogen-bond donors (Lipinski definition) is 2. The summed E-state index contributed by atoms with van der Waals surface area (Å²) in [7, 11) is 0.